The monoisotopic (exact) mass is 248 g/mol. The first kappa shape index (κ1) is 11.7. The molecule has 94 valence electrons. The molecule has 2 N–H and O–H groups in total. The fourth-order valence-corrected chi connectivity index (χ4v) is 2.30. The first-order chi connectivity index (χ1) is 9.31. The van der Waals surface area contributed by atoms with Crippen LogP contribution in [0.15, 0.2) is 60.7 Å². The first-order valence-corrected chi connectivity index (χ1v) is 6.50. The van der Waals surface area contributed by atoms with Crippen LogP contribution in [0.1, 0.15) is 11.3 Å². The van der Waals surface area contributed by atoms with Gasteiger partial charge in [0.2, 0.25) is 0 Å². The molecule has 2 aromatic carbocycles. The first-order valence-electron chi connectivity index (χ1n) is 6.50. The minimum absolute atomic E-state index is 0.594. The standard InChI is InChI=1S/C17H16N2/c18-17-7-3-6-16(19-17)11-9-13-8-10-14-4-1-2-5-15(14)12-13/h1-8,10,12H,9,11H2,(H2,18,19). The number of hydrogen-bond donors (Lipinski definition) is 1. The Bertz CT molecular complexity index is 704. The van der Waals surface area contributed by atoms with Crippen LogP contribution in [0.5, 0.6) is 0 Å². The van der Waals surface area contributed by atoms with Gasteiger partial charge in [0.25, 0.3) is 0 Å². The second-order valence-electron chi connectivity index (χ2n) is 4.74. The van der Waals surface area contributed by atoms with Crippen LogP contribution < -0.4 is 5.73 Å². The zero-order valence-corrected chi connectivity index (χ0v) is 10.7. The topological polar surface area (TPSA) is 38.9 Å². The molecule has 3 rings (SSSR count). The maximum atomic E-state index is 5.69. The Morgan fingerprint density at radius 2 is 1.63 bits per heavy atom. The maximum Gasteiger partial charge on any atom is 0.123 e. The summed E-state index contributed by atoms with van der Waals surface area (Å²) >= 11 is 0. The van der Waals surface area contributed by atoms with Crippen LogP contribution in [0.3, 0.4) is 0 Å². The van der Waals surface area contributed by atoms with E-state index in [1.165, 1.54) is 16.3 Å². The lowest BCUT2D eigenvalue weighted by Crippen LogP contribution is -1.97. The Morgan fingerprint density at radius 3 is 2.47 bits per heavy atom. The molecular weight excluding hydrogens is 232 g/mol. The van der Waals surface area contributed by atoms with Gasteiger partial charge in [0.15, 0.2) is 0 Å². The molecule has 0 unspecified atom stereocenters. The van der Waals surface area contributed by atoms with Gasteiger partial charge in [-0.15, -0.1) is 0 Å². The van der Waals surface area contributed by atoms with Gasteiger partial charge >= 0.3 is 0 Å². The van der Waals surface area contributed by atoms with Gasteiger partial charge < -0.3 is 5.73 Å². The van der Waals surface area contributed by atoms with Crippen LogP contribution in [0.4, 0.5) is 5.82 Å². The molecule has 0 aliphatic carbocycles. The highest BCUT2D eigenvalue weighted by Crippen LogP contribution is 2.17. The van der Waals surface area contributed by atoms with Crippen molar-refractivity contribution in [2.45, 2.75) is 12.8 Å². The summed E-state index contributed by atoms with van der Waals surface area (Å²) in [5.74, 6) is 0.594. The number of aryl methyl sites for hydroxylation is 2. The van der Waals surface area contributed by atoms with Crippen molar-refractivity contribution in [3.8, 4) is 0 Å². The molecule has 2 nitrogen and oxygen atoms in total. The summed E-state index contributed by atoms with van der Waals surface area (Å²) < 4.78 is 0. The van der Waals surface area contributed by atoms with E-state index >= 15 is 0 Å². The molecule has 1 aromatic heterocycles. The SMILES string of the molecule is Nc1cccc(CCc2ccc3ccccc3c2)n1. The van der Waals surface area contributed by atoms with Crippen molar-refractivity contribution in [2.75, 3.05) is 5.73 Å². The number of nitrogens with two attached hydrogens (primary N) is 1. The third-order valence-corrected chi connectivity index (χ3v) is 3.31. The summed E-state index contributed by atoms with van der Waals surface area (Å²) in [5.41, 5.74) is 8.08. The maximum absolute atomic E-state index is 5.69. The van der Waals surface area contributed by atoms with E-state index in [9.17, 15) is 0 Å². The molecule has 0 bridgehead atoms. The van der Waals surface area contributed by atoms with Gasteiger partial charge in [-0.2, -0.15) is 0 Å². The van der Waals surface area contributed by atoms with E-state index < -0.39 is 0 Å². The highest BCUT2D eigenvalue weighted by atomic mass is 14.8. The fourth-order valence-electron chi connectivity index (χ4n) is 2.30. The second-order valence-corrected chi connectivity index (χ2v) is 4.74. The lowest BCUT2D eigenvalue weighted by atomic mass is 10.0. The highest BCUT2D eigenvalue weighted by Gasteiger charge is 1.99. The number of fused-ring (bicyclic) bond motifs is 1. The predicted molar refractivity (Wildman–Crippen MR) is 80.0 cm³/mol. The number of nitrogen functional groups attached to an aromatic ring is 1. The predicted octanol–water partition coefficient (Wildman–Crippen LogP) is 3.60. The molecule has 0 aliphatic heterocycles. The van der Waals surface area contributed by atoms with Crippen LogP contribution in [-0.4, -0.2) is 4.98 Å². The van der Waals surface area contributed by atoms with Crippen LogP contribution in [0.2, 0.25) is 0 Å². The number of pyridine rings is 1. The van der Waals surface area contributed by atoms with Gasteiger partial charge in [-0.1, -0.05) is 48.5 Å². The molecule has 0 amide bonds. The van der Waals surface area contributed by atoms with Crippen LogP contribution in [-0.2, 0) is 12.8 Å². The van der Waals surface area contributed by atoms with Crippen LogP contribution >= 0.6 is 0 Å². The summed E-state index contributed by atoms with van der Waals surface area (Å²) in [4.78, 5) is 4.33. The Kier molecular flexibility index (Phi) is 3.15. The number of rotatable bonds is 3. The summed E-state index contributed by atoms with van der Waals surface area (Å²) in [6, 6.07) is 20.9. The number of nitrogens with zero attached hydrogens (tertiary/aromatic N) is 1. The summed E-state index contributed by atoms with van der Waals surface area (Å²) in [6.07, 6.45) is 1.91. The molecule has 0 atom stereocenters. The molecule has 0 fully saturated rings. The normalized spacial score (nSPS) is 10.7. The Hall–Kier alpha value is -2.35. The van der Waals surface area contributed by atoms with Gasteiger partial charge in [0.05, 0.1) is 0 Å². The Labute approximate surface area is 112 Å². The summed E-state index contributed by atoms with van der Waals surface area (Å²) in [6.45, 7) is 0. The van der Waals surface area contributed by atoms with Gasteiger partial charge in [0, 0.05) is 5.69 Å². The average Bonchev–Trinajstić information content (AvgIpc) is 2.45. The minimum Gasteiger partial charge on any atom is -0.384 e. The second kappa shape index (κ2) is 5.11. The zero-order chi connectivity index (χ0) is 13.1. The highest BCUT2D eigenvalue weighted by molar-refractivity contribution is 5.82. The molecule has 19 heavy (non-hydrogen) atoms. The number of hydrogen-bond acceptors (Lipinski definition) is 2. The van der Waals surface area contributed by atoms with Gasteiger partial charge in [-0.3, -0.25) is 0 Å². The number of benzene rings is 2. The van der Waals surface area contributed by atoms with Crippen molar-refractivity contribution in [3.05, 3.63) is 71.9 Å². The third-order valence-electron chi connectivity index (χ3n) is 3.31. The molecule has 0 aliphatic rings. The molecule has 3 aromatic rings. The van der Waals surface area contributed by atoms with Gasteiger partial charge in [0.1, 0.15) is 5.82 Å². The molecule has 1 heterocycles. The van der Waals surface area contributed by atoms with E-state index in [1.807, 2.05) is 18.2 Å². The van der Waals surface area contributed by atoms with E-state index in [2.05, 4.69) is 47.4 Å². The van der Waals surface area contributed by atoms with E-state index in [-0.39, 0.29) is 0 Å². The van der Waals surface area contributed by atoms with Gasteiger partial charge in [-0.05, 0) is 41.3 Å². The van der Waals surface area contributed by atoms with Crippen LogP contribution in [0.25, 0.3) is 10.8 Å². The zero-order valence-electron chi connectivity index (χ0n) is 10.7. The van der Waals surface area contributed by atoms with Crippen molar-refractivity contribution in [1.82, 2.24) is 4.98 Å². The molecular formula is C17H16N2. The quantitative estimate of drug-likeness (QED) is 0.769. The lowest BCUT2D eigenvalue weighted by Gasteiger charge is -2.04. The smallest absolute Gasteiger partial charge is 0.123 e. The molecule has 0 spiro atoms. The van der Waals surface area contributed by atoms with Crippen molar-refractivity contribution >= 4 is 16.6 Å². The van der Waals surface area contributed by atoms with E-state index in [4.69, 9.17) is 5.73 Å². The Balaban J connectivity index is 1.78. The number of aromatic nitrogens is 1. The molecule has 0 radical (unpaired) electrons. The van der Waals surface area contributed by atoms with Crippen molar-refractivity contribution < 1.29 is 0 Å². The molecule has 2 heteroatoms. The van der Waals surface area contributed by atoms with Crippen molar-refractivity contribution in [2.24, 2.45) is 0 Å². The van der Waals surface area contributed by atoms with E-state index in [0.29, 0.717) is 5.82 Å². The molecule has 0 saturated heterocycles. The minimum atomic E-state index is 0.594. The van der Waals surface area contributed by atoms with Crippen LogP contribution in [0, 0.1) is 0 Å². The summed E-state index contributed by atoms with van der Waals surface area (Å²) in [5, 5.41) is 2.58. The van der Waals surface area contributed by atoms with E-state index in [0.717, 1.165) is 18.5 Å². The van der Waals surface area contributed by atoms with E-state index in [1.54, 1.807) is 0 Å². The third kappa shape index (κ3) is 2.74. The van der Waals surface area contributed by atoms with Crippen molar-refractivity contribution in [1.29, 1.82) is 0 Å². The van der Waals surface area contributed by atoms with Gasteiger partial charge in [-0.25, -0.2) is 4.98 Å². The largest absolute Gasteiger partial charge is 0.384 e. The average molecular weight is 248 g/mol. The molecule has 0 saturated carbocycles. The van der Waals surface area contributed by atoms with Crippen molar-refractivity contribution in [3.63, 3.8) is 0 Å². The lowest BCUT2D eigenvalue weighted by molar-refractivity contribution is 0.918. The number of anilines is 1. The summed E-state index contributed by atoms with van der Waals surface area (Å²) in [7, 11) is 0. The fraction of sp³-hybridized carbons (Fsp3) is 0.118. The Morgan fingerprint density at radius 1 is 0.789 bits per heavy atom.